The van der Waals surface area contributed by atoms with Crippen molar-refractivity contribution in [2.45, 2.75) is 38.6 Å². The molecule has 0 aromatic heterocycles. The first kappa shape index (κ1) is 13.8. The van der Waals surface area contributed by atoms with Crippen LogP contribution in [-0.4, -0.2) is 35.2 Å². The summed E-state index contributed by atoms with van der Waals surface area (Å²) < 4.78 is 0. The number of hydrogen-bond donors (Lipinski definition) is 1. The van der Waals surface area contributed by atoms with Crippen molar-refractivity contribution in [1.82, 2.24) is 10.2 Å². The third kappa shape index (κ3) is 2.33. The lowest BCUT2D eigenvalue weighted by Crippen LogP contribution is -2.44. The number of fused-ring (bicyclic) bond motifs is 1. The Kier molecular flexibility index (Phi) is 3.49. The Morgan fingerprint density at radius 2 is 2.14 bits per heavy atom. The monoisotopic (exact) mass is 286 g/mol. The van der Waals surface area contributed by atoms with E-state index in [1.165, 1.54) is 10.5 Å². The van der Waals surface area contributed by atoms with Crippen molar-refractivity contribution in [3.63, 3.8) is 0 Å². The van der Waals surface area contributed by atoms with Crippen molar-refractivity contribution in [3.05, 3.63) is 34.9 Å². The first-order valence-electron chi connectivity index (χ1n) is 7.37. The number of nitrogens with zero attached hydrogens (tertiary/aromatic N) is 1. The molecule has 21 heavy (non-hydrogen) atoms. The van der Waals surface area contributed by atoms with Crippen molar-refractivity contribution >= 4 is 17.7 Å². The summed E-state index contributed by atoms with van der Waals surface area (Å²) in [5.41, 5.74) is 3.01. The Bertz CT molecular complexity index is 624. The molecule has 1 fully saturated rings. The average Bonchev–Trinajstić information content (AvgIpc) is 3.06. The van der Waals surface area contributed by atoms with E-state index in [4.69, 9.17) is 0 Å². The van der Waals surface area contributed by atoms with Crippen molar-refractivity contribution in [2.24, 2.45) is 0 Å². The molecule has 5 nitrogen and oxygen atoms in total. The van der Waals surface area contributed by atoms with Gasteiger partial charge in [0.25, 0.3) is 5.91 Å². The number of benzene rings is 1. The minimum atomic E-state index is -0.674. The van der Waals surface area contributed by atoms with E-state index in [1.54, 1.807) is 0 Å². The van der Waals surface area contributed by atoms with Gasteiger partial charge in [0.1, 0.15) is 6.04 Å². The van der Waals surface area contributed by atoms with Gasteiger partial charge in [-0.15, -0.1) is 0 Å². The third-order valence-corrected chi connectivity index (χ3v) is 4.30. The topological polar surface area (TPSA) is 66.5 Å². The van der Waals surface area contributed by atoms with Crippen LogP contribution in [-0.2, 0) is 22.4 Å². The maximum atomic E-state index is 12.8. The summed E-state index contributed by atoms with van der Waals surface area (Å²) in [5, 5.41) is 2.27. The first-order valence-corrected chi connectivity index (χ1v) is 7.37. The number of amides is 3. The summed E-state index contributed by atoms with van der Waals surface area (Å²) in [6.45, 7) is 2.24. The van der Waals surface area contributed by atoms with E-state index >= 15 is 0 Å². The van der Waals surface area contributed by atoms with E-state index in [1.807, 2.05) is 19.1 Å². The Labute approximate surface area is 123 Å². The molecule has 1 saturated heterocycles. The molecule has 0 radical (unpaired) electrons. The van der Waals surface area contributed by atoms with Gasteiger partial charge in [0.05, 0.1) is 6.42 Å². The zero-order valence-corrected chi connectivity index (χ0v) is 12.0. The van der Waals surface area contributed by atoms with Gasteiger partial charge in [0, 0.05) is 12.1 Å². The largest absolute Gasteiger partial charge is 0.326 e. The minimum absolute atomic E-state index is 0.0629. The second-order valence-electron chi connectivity index (χ2n) is 5.52. The second kappa shape index (κ2) is 5.31. The fourth-order valence-corrected chi connectivity index (χ4v) is 3.27. The van der Waals surface area contributed by atoms with Crippen LogP contribution in [0.25, 0.3) is 0 Å². The van der Waals surface area contributed by atoms with Crippen molar-refractivity contribution in [2.75, 3.05) is 6.54 Å². The molecule has 1 atom stereocenters. The number of imide groups is 1. The molecule has 1 aromatic rings. The molecule has 1 aliphatic carbocycles. The van der Waals surface area contributed by atoms with Crippen molar-refractivity contribution in [3.8, 4) is 0 Å². The predicted octanol–water partition coefficient (Wildman–Crippen LogP) is 1.05. The number of carbonyl (C=O) groups is 3. The molecule has 3 rings (SSSR count). The zero-order valence-electron chi connectivity index (χ0n) is 12.0. The van der Waals surface area contributed by atoms with Crippen molar-refractivity contribution < 1.29 is 14.4 Å². The minimum Gasteiger partial charge on any atom is -0.326 e. The number of rotatable bonds is 3. The number of hydrogen-bond acceptors (Lipinski definition) is 3. The molecule has 0 bridgehead atoms. The third-order valence-electron chi connectivity index (χ3n) is 4.30. The van der Waals surface area contributed by atoms with Crippen LogP contribution < -0.4 is 5.32 Å². The summed E-state index contributed by atoms with van der Waals surface area (Å²) in [7, 11) is 0. The molecule has 1 aromatic carbocycles. The molecule has 1 aliphatic heterocycles. The molecule has 1 heterocycles. The van der Waals surface area contributed by atoms with Gasteiger partial charge in [0.2, 0.25) is 11.8 Å². The maximum absolute atomic E-state index is 12.8. The van der Waals surface area contributed by atoms with E-state index in [0.717, 1.165) is 24.8 Å². The molecule has 0 spiro atoms. The van der Waals surface area contributed by atoms with Gasteiger partial charge in [-0.05, 0) is 43.4 Å². The van der Waals surface area contributed by atoms with Gasteiger partial charge in [-0.1, -0.05) is 12.1 Å². The molecular weight excluding hydrogens is 268 g/mol. The van der Waals surface area contributed by atoms with Crippen LogP contribution in [0.3, 0.4) is 0 Å². The smallest absolute Gasteiger partial charge is 0.254 e. The summed E-state index contributed by atoms with van der Waals surface area (Å²) >= 11 is 0. The van der Waals surface area contributed by atoms with Crippen LogP contribution in [0.15, 0.2) is 18.2 Å². The van der Waals surface area contributed by atoms with Crippen LogP contribution in [0.2, 0.25) is 0 Å². The number of carbonyl (C=O) groups excluding carboxylic acids is 3. The molecule has 3 amide bonds. The molecule has 110 valence electrons. The van der Waals surface area contributed by atoms with Crippen LogP contribution >= 0.6 is 0 Å². The van der Waals surface area contributed by atoms with Gasteiger partial charge < -0.3 is 4.90 Å². The molecule has 5 heteroatoms. The number of nitrogens with one attached hydrogen (secondary N) is 1. The Morgan fingerprint density at radius 3 is 2.81 bits per heavy atom. The van der Waals surface area contributed by atoms with E-state index in [2.05, 4.69) is 11.4 Å². The van der Waals surface area contributed by atoms with Crippen LogP contribution in [0.4, 0.5) is 0 Å². The van der Waals surface area contributed by atoms with Gasteiger partial charge in [-0.2, -0.15) is 0 Å². The SMILES string of the molecule is CCN(C(=O)c1cccc2c1CCC2)[C@H]1CC(=O)NC1=O. The van der Waals surface area contributed by atoms with Gasteiger partial charge in [-0.3, -0.25) is 19.7 Å². The molecule has 0 unspecified atom stereocenters. The van der Waals surface area contributed by atoms with E-state index in [9.17, 15) is 14.4 Å². The second-order valence-corrected chi connectivity index (χ2v) is 5.52. The highest BCUT2D eigenvalue weighted by atomic mass is 16.2. The summed E-state index contributed by atoms with van der Waals surface area (Å²) in [6, 6.07) is 5.10. The molecule has 1 N–H and O–H groups in total. The fourth-order valence-electron chi connectivity index (χ4n) is 3.27. The number of aryl methyl sites for hydroxylation is 1. The Hall–Kier alpha value is -2.17. The van der Waals surface area contributed by atoms with Crippen LogP contribution in [0.5, 0.6) is 0 Å². The average molecular weight is 286 g/mol. The normalized spacial score (nSPS) is 20.3. The van der Waals surface area contributed by atoms with Gasteiger partial charge >= 0.3 is 0 Å². The summed E-state index contributed by atoms with van der Waals surface area (Å²) in [4.78, 5) is 37.5. The lowest BCUT2D eigenvalue weighted by atomic mass is 10.0. The van der Waals surface area contributed by atoms with E-state index in [-0.39, 0.29) is 24.1 Å². The Balaban J connectivity index is 1.92. The van der Waals surface area contributed by atoms with E-state index in [0.29, 0.717) is 12.1 Å². The summed E-state index contributed by atoms with van der Waals surface area (Å²) in [5.74, 6) is -0.830. The lowest BCUT2D eigenvalue weighted by Gasteiger charge is -2.26. The lowest BCUT2D eigenvalue weighted by molar-refractivity contribution is -0.126. The summed E-state index contributed by atoms with van der Waals surface area (Å²) in [6.07, 6.45) is 3.04. The van der Waals surface area contributed by atoms with Crippen molar-refractivity contribution in [1.29, 1.82) is 0 Å². The highest BCUT2D eigenvalue weighted by Gasteiger charge is 2.38. The number of likely N-dealkylation sites (N-methyl/N-ethyl adjacent to an activating group) is 1. The van der Waals surface area contributed by atoms with Gasteiger partial charge in [0.15, 0.2) is 0 Å². The molecule has 0 saturated carbocycles. The molecule has 2 aliphatic rings. The standard InChI is InChI=1S/C16H18N2O3/c1-2-18(13-9-14(19)17-15(13)20)16(21)12-8-4-6-10-5-3-7-11(10)12/h4,6,8,13H,2-3,5,7,9H2,1H3,(H,17,19,20)/t13-/m0/s1. The highest BCUT2D eigenvalue weighted by Crippen LogP contribution is 2.27. The maximum Gasteiger partial charge on any atom is 0.254 e. The predicted molar refractivity (Wildman–Crippen MR) is 76.7 cm³/mol. The molecular formula is C16H18N2O3. The van der Waals surface area contributed by atoms with E-state index < -0.39 is 6.04 Å². The fraction of sp³-hybridized carbons (Fsp3) is 0.438. The highest BCUT2D eigenvalue weighted by molar-refractivity contribution is 6.08. The zero-order chi connectivity index (χ0) is 15.0. The van der Waals surface area contributed by atoms with Gasteiger partial charge in [-0.25, -0.2) is 0 Å². The first-order chi connectivity index (χ1) is 10.1. The quantitative estimate of drug-likeness (QED) is 0.845. The van der Waals surface area contributed by atoms with Crippen LogP contribution in [0, 0.1) is 0 Å². The van der Waals surface area contributed by atoms with Crippen LogP contribution in [0.1, 0.15) is 41.3 Å². The Morgan fingerprint density at radius 1 is 1.33 bits per heavy atom.